The molecule has 0 aromatic heterocycles. The lowest BCUT2D eigenvalue weighted by molar-refractivity contribution is -0.149. The van der Waals surface area contributed by atoms with Gasteiger partial charge in [0, 0.05) is 19.3 Å². The molecule has 1 unspecified atom stereocenters. The summed E-state index contributed by atoms with van der Waals surface area (Å²) in [5.74, 6) is -1.01. The van der Waals surface area contributed by atoms with Gasteiger partial charge in [0.2, 0.25) is 0 Å². The van der Waals surface area contributed by atoms with Crippen molar-refractivity contribution in [1.82, 2.24) is 4.90 Å². The van der Waals surface area contributed by atoms with Crippen LogP contribution in [0.5, 0.6) is 0 Å². The van der Waals surface area contributed by atoms with Crippen LogP contribution in [0, 0.1) is 5.92 Å². The van der Waals surface area contributed by atoms with E-state index < -0.39 is 9.84 Å². The lowest BCUT2D eigenvalue weighted by Gasteiger charge is -2.32. The summed E-state index contributed by atoms with van der Waals surface area (Å²) in [7, 11) is -3.49. The third kappa shape index (κ3) is 4.10. The number of nitrogens with zero attached hydrogens (tertiary/aromatic N) is 1. The minimum absolute atomic E-state index is 0.0169. The molecule has 1 heterocycles. The number of amides is 1. The molecule has 1 aliphatic rings. The van der Waals surface area contributed by atoms with Gasteiger partial charge in [0.25, 0.3) is 5.91 Å². The Kier molecular flexibility index (Phi) is 5.41. The summed E-state index contributed by atoms with van der Waals surface area (Å²) in [6, 6.07) is 6.15. The first kappa shape index (κ1) is 17.5. The highest BCUT2D eigenvalue weighted by atomic mass is 32.2. The summed E-state index contributed by atoms with van der Waals surface area (Å²) in [4.78, 5) is 26.1. The van der Waals surface area contributed by atoms with Gasteiger partial charge in [-0.25, -0.2) is 8.42 Å². The summed E-state index contributed by atoms with van der Waals surface area (Å²) in [6.07, 6.45) is 2.45. The molecule has 0 saturated carbocycles. The molecular weight excluding hydrogens is 318 g/mol. The van der Waals surface area contributed by atoms with Gasteiger partial charge in [0.1, 0.15) is 0 Å². The van der Waals surface area contributed by atoms with Crippen LogP contribution in [0.2, 0.25) is 0 Å². The van der Waals surface area contributed by atoms with Crippen molar-refractivity contribution in [2.24, 2.45) is 5.92 Å². The number of carbonyl (C=O) groups is 2. The van der Waals surface area contributed by atoms with E-state index in [1.165, 1.54) is 17.0 Å². The van der Waals surface area contributed by atoms with Crippen molar-refractivity contribution in [1.29, 1.82) is 0 Å². The first-order chi connectivity index (χ1) is 10.8. The minimum atomic E-state index is -3.49. The van der Waals surface area contributed by atoms with Crippen LogP contribution in [-0.4, -0.2) is 51.1 Å². The average Bonchev–Trinajstić information content (AvgIpc) is 2.54. The number of sulfone groups is 1. The molecule has 1 fully saturated rings. The van der Waals surface area contributed by atoms with Crippen LogP contribution in [0.25, 0.3) is 0 Å². The lowest BCUT2D eigenvalue weighted by atomic mass is 9.97. The summed E-state index contributed by atoms with van der Waals surface area (Å²) in [5.41, 5.74) is 0.152. The molecule has 1 aromatic rings. The van der Waals surface area contributed by atoms with Gasteiger partial charge in [0.05, 0.1) is 23.0 Å². The Morgan fingerprint density at radius 3 is 2.65 bits per heavy atom. The summed E-state index contributed by atoms with van der Waals surface area (Å²) >= 11 is 0. The fraction of sp³-hybridized carbons (Fsp3) is 0.500. The van der Waals surface area contributed by atoms with Crippen molar-refractivity contribution in [3.8, 4) is 0 Å². The maximum atomic E-state index is 12.7. The van der Waals surface area contributed by atoms with E-state index in [4.69, 9.17) is 4.74 Å². The van der Waals surface area contributed by atoms with Crippen LogP contribution < -0.4 is 0 Å². The maximum absolute atomic E-state index is 12.7. The fourth-order valence-corrected chi connectivity index (χ4v) is 3.63. The van der Waals surface area contributed by atoms with Gasteiger partial charge >= 0.3 is 5.97 Å². The van der Waals surface area contributed by atoms with Gasteiger partial charge in [-0.1, -0.05) is 12.1 Å². The summed E-state index contributed by atoms with van der Waals surface area (Å²) in [6.45, 7) is 2.81. The molecule has 1 amide bonds. The van der Waals surface area contributed by atoms with E-state index in [9.17, 15) is 18.0 Å². The number of carbonyl (C=O) groups excluding carboxylic acids is 2. The second-order valence-electron chi connectivity index (χ2n) is 5.61. The number of esters is 1. The van der Waals surface area contributed by atoms with Gasteiger partial charge in [-0.2, -0.15) is 0 Å². The highest BCUT2D eigenvalue weighted by Gasteiger charge is 2.31. The van der Waals surface area contributed by atoms with Crippen LogP contribution in [0.4, 0.5) is 0 Å². The molecule has 0 aliphatic carbocycles. The van der Waals surface area contributed by atoms with Crippen LogP contribution >= 0.6 is 0 Å². The number of hydrogen-bond donors (Lipinski definition) is 0. The predicted octanol–water partition coefficient (Wildman–Crippen LogP) is 1.51. The van der Waals surface area contributed by atoms with Crippen LogP contribution in [0.1, 0.15) is 30.1 Å². The molecule has 0 spiro atoms. The van der Waals surface area contributed by atoms with Gasteiger partial charge < -0.3 is 9.64 Å². The number of piperidine rings is 1. The number of ether oxygens (including phenoxy) is 1. The molecule has 1 aromatic carbocycles. The molecule has 7 heteroatoms. The van der Waals surface area contributed by atoms with Crippen LogP contribution in [-0.2, 0) is 19.4 Å². The van der Waals surface area contributed by atoms with E-state index >= 15 is 0 Å². The third-order valence-electron chi connectivity index (χ3n) is 3.85. The average molecular weight is 339 g/mol. The van der Waals surface area contributed by atoms with Gasteiger partial charge in [-0.15, -0.1) is 0 Å². The van der Waals surface area contributed by atoms with E-state index in [1.807, 2.05) is 0 Å². The molecule has 2 rings (SSSR count). The van der Waals surface area contributed by atoms with Gasteiger partial charge in [0.15, 0.2) is 9.84 Å². The quantitative estimate of drug-likeness (QED) is 0.777. The normalized spacial score (nSPS) is 18.5. The molecule has 1 saturated heterocycles. The summed E-state index contributed by atoms with van der Waals surface area (Å²) in [5, 5.41) is 0. The van der Waals surface area contributed by atoms with Crippen LogP contribution in [0.15, 0.2) is 29.2 Å². The molecule has 0 N–H and O–H groups in total. The molecule has 1 atom stereocenters. The molecule has 0 bridgehead atoms. The molecule has 6 nitrogen and oxygen atoms in total. The number of hydrogen-bond acceptors (Lipinski definition) is 5. The van der Waals surface area contributed by atoms with Crippen molar-refractivity contribution in [2.75, 3.05) is 26.0 Å². The van der Waals surface area contributed by atoms with Crippen LogP contribution in [0.3, 0.4) is 0 Å². The molecular formula is C16H21NO5S. The molecule has 0 radical (unpaired) electrons. The van der Waals surface area contributed by atoms with Gasteiger partial charge in [-0.05, 0) is 31.9 Å². The molecule has 126 valence electrons. The van der Waals surface area contributed by atoms with E-state index in [0.29, 0.717) is 26.0 Å². The first-order valence-corrected chi connectivity index (χ1v) is 9.48. The van der Waals surface area contributed by atoms with E-state index in [2.05, 4.69) is 0 Å². The highest BCUT2D eigenvalue weighted by molar-refractivity contribution is 7.90. The topological polar surface area (TPSA) is 80.8 Å². The van der Waals surface area contributed by atoms with E-state index in [0.717, 1.165) is 6.26 Å². The Morgan fingerprint density at radius 2 is 2.00 bits per heavy atom. The van der Waals surface area contributed by atoms with Crippen molar-refractivity contribution in [2.45, 2.75) is 24.7 Å². The monoisotopic (exact) mass is 339 g/mol. The van der Waals surface area contributed by atoms with E-state index in [-0.39, 0.29) is 34.8 Å². The number of benzene rings is 1. The molecule has 1 aliphatic heterocycles. The van der Waals surface area contributed by atoms with Crippen molar-refractivity contribution < 1.29 is 22.7 Å². The third-order valence-corrected chi connectivity index (χ3v) is 5.00. The molecule has 23 heavy (non-hydrogen) atoms. The van der Waals surface area contributed by atoms with Gasteiger partial charge in [-0.3, -0.25) is 9.59 Å². The standard InChI is InChI=1S/C16H21NO5S/c1-3-22-16(19)12-7-6-10-17(11-12)15(18)13-8-4-5-9-14(13)23(2,20)21/h4-5,8-9,12H,3,6-7,10-11H2,1-2H3. The smallest absolute Gasteiger partial charge is 0.310 e. The second kappa shape index (κ2) is 7.12. The van der Waals surface area contributed by atoms with E-state index in [1.54, 1.807) is 19.1 Å². The fourth-order valence-electron chi connectivity index (χ4n) is 2.75. The zero-order chi connectivity index (χ0) is 17.0. The predicted molar refractivity (Wildman–Crippen MR) is 84.8 cm³/mol. The first-order valence-electron chi connectivity index (χ1n) is 7.59. The minimum Gasteiger partial charge on any atom is -0.466 e. The number of likely N-dealkylation sites (tertiary alicyclic amines) is 1. The Balaban J connectivity index is 2.23. The Labute approximate surface area is 136 Å². The van der Waals surface area contributed by atoms with Crippen molar-refractivity contribution in [3.63, 3.8) is 0 Å². The second-order valence-corrected chi connectivity index (χ2v) is 7.59. The lowest BCUT2D eigenvalue weighted by Crippen LogP contribution is -2.43. The zero-order valence-electron chi connectivity index (χ0n) is 13.3. The van der Waals surface area contributed by atoms with Crippen molar-refractivity contribution >= 4 is 21.7 Å². The Hall–Kier alpha value is -1.89. The zero-order valence-corrected chi connectivity index (χ0v) is 14.1. The van der Waals surface area contributed by atoms with Crippen molar-refractivity contribution in [3.05, 3.63) is 29.8 Å². The Morgan fingerprint density at radius 1 is 1.30 bits per heavy atom. The summed E-state index contributed by atoms with van der Waals surface area (Å²) < 4.78 is 28.7. The highest BCUT2D eigenvalue weighted by Crippen LogP contribution is 2.23. The number of rotatable bonds is 4. The SMILES string of the molecule is CCOC(=O)C1CCCN(C(=O)c2ccccc2S(C)(=O)=O)C1. The largest absolute Gasteiger partial charge is 0.466 e. The maximum Gasteiger partial charge on any atom is 0.310 e. The Bertz CT molecular complexity index is 698.